The number of hydrogen-bond donors (Lipinski definition) is 0. The number of benzene rings is 1. The van der Waals surface area contributed by atoms with E-state index in [9.17, 15) is 0 Å². The number of epoxide rings is 1. The molecule has 2 aliphatic heterocycles. The van der Waals surface area contributed by atoms with Crippen molar-refractivity contribution < 1.29 is 4.74 Å². The van der Waals surface area contributed by atoms with Crippen LogP contribution in [0.4, 0.5) is 0 Å². The zero-order valence-corrected chi connectivity index (χ0v) is 12.7. The molecule has 0 N–H and O–H groups in total. The van der Waals surface area contributed by atoms with Crippen molar-refractivity contribution in [1.29, 1.82) is 0 Å². The van der Waals surface area contributed by atoms with Crippen LogP contribution in [0.25, 0.3) is 0 Å². The number of hydrogen-bond acceptors (Lipinski definition) is 2. The molecule has 0 amide bonds. The fraction of sp³-hybridized carbons (Fsp3) is 0.667. The summed E-state index contributed by atoms with van der Waals surface area (Å²) in [4.78, 5) is 2.55. The van der Waals surface area contributed by atoms with Crippen LogP contribution in [0.5, 0.6) is 0 Å². The normalized spacial score (nSPS) is 40.0. The van der Waals surface area contributed by atoms with Crippen LogP contribution in [0.3, 0.4) is 0 Å². The van der Waals surface area contributed by atoms with E-state index in [1.807, 2.05) is 0 Å². The molecule has 2 saturated heterocycles. The Balaban J connectivity index is 1.60. The van der Waals surface area contributed by atoms with Crippen molar-refractivity contribution in [2.24, 2.45) is 0 Å². The second kappa shape index (κ2) is 4.32. The van der Waals surface area contributed by atoms with Gasteiger partial charge in [-0.25, -0.2) is 0 Å². The van der Waals surface area contributed by atoms with Crippen LogP contribution in [-0.4, -0.2) is 35.7 Å². The molecule has 0 spiro atoms. The molecule has 1 saturated carbocycles. The van der Waals surface area contributed by atoms with Crippen molar-refractivity contribution in [1.82, 2.24) is 4.90 Å². The highest BCUT2D eigenvalue weighted by molar-refractivity contribution is 5.29. The third kappa shape index (κ3) is 1.71. The third-order valence-electron chi connectivity index (χ3n) is 5.97. The lowest BCUT2D eigenvalue weighted by Crippen LogP contribution is -2.55. The summed E-state index contributed by atoms with van der Waals surface area (Å²) >= 11 is 0. The molecule has 4 rings (SSSR count). The molecular formula is C18H25NO. The van der Waals surface area contributed by atoms with Crippen LogP contribution < -0.4 is 0 Å². The Morgan fingerprint density at radius 3 is 2.70 bits per heavy atom. The quantitative estimate of drug-likeness (QED) is 0.767. The molecule has 3 fully saturated rings. The molecule has 0 unspecified atom stereocenters. The Hall–Kier alpha value is -0.860. The molecule has 20 heavy (non-hydrogen) atoms. The van der Waals surface area contributed by atoms with Gasteiger partial charge in [0.25, 0.3) is 0 Å². The van der Waals surface area contributed by atoms with Gasteiger partial charge in [-0.05, 0) is 45.2 Å². The monoisotopic (exact) mass is 271 g/mol. The van der Waals surface area contributed by atoms with Gasteiger partial charge in [-0.1, -0.05) is 42.7 Å². The van der Waals surface area contributed by atoms with Crippen molar-refractivity contribution in [3.8, 4) is 0 Å². The van der Waals surface area contributed by atoms with E-state index >= 15 is 0 Å². The van der Waals surface area contributed by atoms with Crippen molar-refractivity contribution in [2.45, 2.75) is 62.7 Å². The number of rotatable bonds is 2. The van der Waals surface area contributed by atoms with Crippen molar-refractivity contribution >= 4 is 0 Å². The first-order chi connectivity index (χ1) is 9.65. The highest BCUT2D eigenvalue weighted by Gasteiger charge is 2.75. The van der Waals surface area contributed by atoms with Gasteiger partial charge in [0.05, 0.1) is 0 Å². The molecule has 1 aromatic rings. The first-order valence-electron chi connectivity index (χ1n) is 8.11. The minimum Gasteiger partial charge on any atom is -0.361 e. The lowest BCUT2D eigenvalue weighted by Gasteiger charge is -2.42. The summed E-state index contributed by atoms with van der Waals surface area (Å²) in [5, 5.41) is 0. The number of piperidine rings is 1. The highest BCUT2D eigenvalue weighted by Crippen LogP contribution is 2.64. The van der Waals surface area contributed by atoms with Crippen LogP contribution in [0, 0.1) is 6.92 Å². The van der Waals surface area contributed by atoms with E-state index in [4.69, 9.17) is 4.74 Å². The molecule has 2 heteroatoms. The highest BCUT2D eigenvalue weighted by atomic mass is 16.6. The Morgan fingerprint density at radius 1 is 1.15 bits per heavy atom. The van der Waals surface area contributed by atoms with Gasteiger partial charge in [0.15, 0.2) is 0 Å². The standard InChI is InChI=1S/C18H25NO/c1-14-5-7-15(8-6-14)13-16-18-10-4-3-9-17(18,20-18)11-12-19(16)2/h5-8,16H,3-4,9-13H2,1-2H3/t16-,17+,18-/m0/s1. The summed E-state index contributed by atoms with van der Waals surface area (Å²) in [5.74, 6) is 0. The molecule has 2 nitrogen and oxygen atoms in total. The van der Waals surface area contributed by atoms with Crippen molar-refractivity contribution in [3.05, 3.63) is 35.4 Å². The summed E-state index contributed by atoms with van der Waals surface area (Å²) < 4.78 is 6.45. The van der Waals surface area contributed by atoms with Gasteiger partial charge in [-0.15, -0.1) is 0 Å². The first kappa shape index (κ1) is 12.8. The molecule has 0 radical (unpaired) electrons. The van der Waals surface area contributed by atoms with Gasteiger partial charge in [-0.2, -0.15) is 0 Å². The zero-order valence-electron chi connectivity index (χ0n) is 12.7. The van der Waals surface area contributed by atoms with Gasteiger partial charge in [0.1, 0.15) is 11.2 Å². The number of aryl methyl sites for hydroxylation is 1. The first-order valence-corrected chi connectivity index (χ1v) is 8.11. The maximum atomic E-state index is 6.45. The van der Waals surface area contributed by atoms with E-state index in [2.05, 4.69) is 43.1 Å². The predicted molar refractivity (Wildman–Crippen MR) is 80.9 cm³/mol. The molecule has 1 aromatic carbocycles. The fourth-order valence-corrected chi connectivity index (χ4v) is 4.73. The van der Waals surface area contributed by atoms with E-state index in [0.717, 1.165) is 6.42 Å². The van der Waals surface area contributed by atoms with Crippen LogP contribution >= 0.6 is 0 Å². The molecular weight excluding hydrogens is 246 g/mol. The van der Waals surface area contributed by atoms with Gasteiger partial charge >= 0.3 is 0 Å². The molecule has 1 aliphatic carbocycles. The lowest BCUT2D eigenvalue weighted by atomic mass is 9.70. The molecule has 3 aliphatic rings. The van der Waals surface area contributed by atoms with E-state index in [-0.39, 0.29) is 11.2 Å². The van der Waals surface area contributed by atoms with Gasteiger partial charge < -0.3 is 4.74 Å². The van der Waals surface area contributed by atoms with Crippen molar-refractivity contribution in [3.63, 3.8) is 0 Å². The molecule has 0 bridgehead atoms. The lowest BCUT2D eigenvalue weighted by molar-refractivity contribution is 0.105. The largest absolute Gasteiger partial charge is 0.361 e. The van der Waals surface area contributed by atoms with Crippen LogP contribution in [0.2, 0.25) is 0 Å². The van der Waals surface area contributed by atoms with E-state index in [1.54, 1.807) is 0 Å². The average Bonchev–Trinajstić information content (AvgIpc) is 3.15. The minimum absolute atomic E-state index is 0.184. The Morgan fingerprint density at radius 2 is 1.90 bits per heavy atom. The van der Waals surface area contributed by atoms with Crippen LogP contribution in [0.1, 0.15) is 43.2 Å². The van der Waals surface area contributed by atoms with Gasteiger partial charge in [0, 0.05) is 12.6 Å². The Kier molecular flexibility index (Phi) is 2.77. The minimum atomic E-state index is 0.184. The van der Waals surface area contributed by atoms with E-state index in [0.29, 0.717) is 6.04 Å². The molecule has 108 valence electrons. The SMILES string of the molecule is Cc1ccc(C[C@@H]2N(C)CC[C@]34CCCC[C@]23O4)cc1. The third-order valence-corrected chi connectivity index (χ3v) is 5.97. The summed E-state index contributed by atoms with van der Waals surface area (Å²) in [6, 6.07) is 9.62. The smallest absolute Gasteiger partial charge is 0.114 e. The summed E-state index contributed by atoms with van der Waals surface area (Å²) in [5.41, 5.74) is 3.24. The average molecular weight is 271 g/mol. The maximum Gasteiger partial charge on any atom is 0.114 e. The summed E-state index contributed by atoms with van der Waals surface area (Å²) in [7, 11) is 2.29. The number of likely N-dealkylation sites (N-methyl/N-ethyl adjacent to an activating group) is 1. The summed E-state index contributed by atoms with van der Waals surface area (Å²) in [6.07, 6.45) is 7.66. The summed E-state index contributed by atoms with van der Waals surface area (Å²) in [6.45, 7) is 3.35. The number of ether oxygens (including phenoxy) is 1. The topological polar surface area (TPSA) is 15.8 Å². The van der Waals surface area contributed by atoms with Gasteiger partial charge in [-0.3, -0.25) is 4.90 Å². The maximum absolute atomic E-state index is 6.45. The molecule has 2 heterocycles. The Bertz CT molecular complexity index is 511. The Labute approximate surface area is 122 Å². The predicted octanol–water partition coefficient (Wildman–Crippen LogP) is 3.32. The number of nitrogens with zero attached hydrogens (tertiary/aromatic N) is 1. The fourth-order valence-electron chi connectivity index (χ4n) is 4.73. The number of likely N-dealkylation sites (tertiary alicyclic amines) is 1. The van der Waals surface area contributed by atoms with E-state index in [1.165, 1.54) is 49.8 Å². The molecule has 3 atom stereocenters. The zero-order chi connectivity index (χ0) is 13.8. The van der Waals surface area contributed by atoms with Gasteiger partial charge in [0.2, 0.25) is 0 Å². The van der Waals surface area contributed by atoms with Crippen molar-refractivity contribution in [2.75, 3.05) is 13.6 Å². The second-order valence-corrected chi connectivity index (χ2v) is 7.13. The van der Waals surface area contributed by atoms with Crippen LogP contribution in [-0.2, 0) is 11.2 Å². The van der Waals surface area contributed by atoms with E-state index < -0.39 is 0 Å². The second-order valence-electron chi connectivity index (χ2n) is 7.13. The van der Waals surface area contributed by atoms with Crippen LogP contribution in [0.15, 0.2) is 24.3 Å². The molecule has 0 aromatic heterocycles.